The Bertz CT molecular complexity index is 784. The van der Waals surface area contributed by atoms with Crippen LogP contribution in [0, 0.1) is 5.92 Å². The van der Waals surface area contributed by atoms with Gasteiger partial charge in [0.05, 0.1) is 10.9 Å². The van der Waals surface area contributed by atoms with Crippen molar-refractivity contribution in [3.8, 4) is 0 Å². The van der Waals surface area contributed by atoms with Crippen LogP contribution in [0.5, 0.6) is 0 Å². The number of amides is 1. The number of hydrogen-bond donors (Lipinski definition) is 3. The van der Waals surface area contributed by atoms with Gasteiger partial charge in [0.15, 0.2) is 0 Å². The normalized spacial score (nSPS) is 21.0. The zero-order valence-corrected chi connectivity index (χ0v) is 14.1. The summed E-state index contributed by atoms with van der Waals surface area (Å²) in [4.78, 5) is 31.6. The highest BCUT2D eigenvalue weighted by atomic mass is 16.2. The number of rotatable bonds is 4. The fourth-order valence-electron chi connectivity index (χ4n) is 3.31. The number of aromatic nitrogens is 2. The van der Waals surface area contributed by atoms with E-state index in [1.165, 1.54) is 0 Å². The molecule has 0 saturated heterocycles. The summed E-state index contributed by atoms with van der Waals surface area (Å²) < 4.78 is 0. The summed E-state index contributed by atoms with van der Waals surface area (Å²) in [6.07, 6.45) is 3.64. The second-order valence-corrected chi connectivity index (χ2v) is 6.80. The van der Waals surface area contributed by atoms with Crippen molar-refractivity contribution in [3.05, 3.63) is 34.6 Å². The molecule has 6 heteroatoms. The highest BCUT2D eigenvalue weighted by Crippen LogP contribution is 2.26. The average Bonchev–Trinajstić information content (AvgIpc) is 2.54. The molecule has 1 heterocycles. The predicted octanol–water partition coefficient (Wildman–Crippen LogP) is 2.42. The summed E-state index contributed by atoms with van der Waals surface area (Å²) in [5.74, 6) is 0.621. The third kappa shape index (κ3) is 3.75. The van der Waals surface area contributed by atoms with Crippen molar-refractivity contribution < 1.29 is 4.79 Å². The van der Waals surface area contributed by atoms with Gasteiger partial charge in [-0.05, 0) is 45.2 Å². The van der Waals surface area contributed by atoms with Crippen LogP contribution in [0.2, 0.25) is 0 Å². The van der Waals surface area contributed by atoms with E-state index in [-0.39, 0.29) is 29.5 Å². The van der Waals surface area contributed by atoms with Gasteiger partial charge in [-0.1, -0.05) is 18.6 Å². The van der Waals surface area contributed by atoms with Crippen molar-refractivity contribution in [3.63, 3.8) is 0 Å². The average molecular weight is 328 g/mol. The third-order valence-electron chi connectivity index (χ3n) is 4.43. The van der Waals surface area contributed by atoms with Crippen molar-refractivity contribution in [1.82, 2.24) is 15.3 Å². The molecule has 1 saturated carbocycles. The molecule has 1 aliphatic carbocycles. The minimum atomic E-state index is -0.145. The molecule has 0 spiro atoms. The van der Waals surface area contributed by atoms with E-state index in [2.05, 4.69) is 20.6 Å². The molecule has 0 aliphatic heterocycles. The lowest BCUT2D eigenvalue weighted by Crippen LogP contribution is -2.40. The molecule has 1 aromatic heterocycles. The van der Waals surface area contributed by atoms with Gasteiger partial charge < -0.3 is 10.6 Å². The maximum atomic E-state index is 12.2. The first-order valence-corrected chi connectivity index (χ1v) is 8.59. The summed E-state index contributed by atoms with van der Waals surface area (Å²) in [5.41, 5.74) is 0.529. The lowest BCUT2D eigenvalue weighted by Gasteiger charge is -2.29. The van der Waals surface area contributed by atoms with Crippen LogP contribution in [0.3, 0.4) is 0 Å². The number of fused-ring (bicyclic) bond motifs is 1. The smallest absolute Gasteiger partial charge is 0.260 e. The Hall–Kier alpha value is -2.37. The quantitative estimate of drug-likeness (QED) is 0.804. The number of carbonyl (C=O) groups is 1. The van der Waals surface area contributed by atoms with E-state index in [9.17, 15) is 9.59 Å². The van der Waals surface area contributed by atoms with Gasteiger partial charge in [0.25, 0.3) is 5.56 Å². The Morgan fingerprint density at radius 2 is 2.08 bits per heavy atom. The Morgan fingerprint density at radius 1 is 1.29 bits per heavy atom. The third-order valence-corrected chi connectivity index (χ3v) is 4.43. The van der Waals surface area contributed by atoms with Gasteiger partial charge in [0.1, 0.15) is 0 Å². The predicted molar refractivity (Wildman–Crippen MR) is 95.0 cm³/mol. The summed E-state index contributed by atoms with van der Waals surface area (Å²) in [7, 11) is 0. The van der Waals surface area contributed by atoms with E-state index in [1.54, 1.807) is 6.07 Å². The molecule has 2 atom stereocenters. The molecule has 3 rings (SSSR count). The summed E-state index contributed by atoms with van der Waals surface area (Å²) in [6.45, 7) is 3.94. The van der Waals surface area contributed by atoms with Gasteiger partial charge in [0.2, 0.25) is 11.9 Å². The zero-order chi connectivity index (χ0) is 17.1. The standard InChI is InChI=1S/C18H24N4O2/c1-11(2)19-16(23)12-6-5-7-13(10-12)20-18-21-15-9-4-3-8-14(15)17(24)22-18/h3-4,8-9,11-13H,5-7,10H2,1-2H3,(H,19,23)(H2,20,21,22,24)/t12-,13+/m1/s1. The number of benzene rings is 1. The molecular formula is C18H24N4O2. The number of anilines is 1. The second-order valence-electron chi connectivity index (χ2n) is 6.80. The largest absolute Gasteiger partial charge is 0.354 e. The Morgan fingerprint density at radius 3 is 2.88 bits per heavy atom. The van der Waals surface area contributed by atoms with E-state index in [0.717, 1.165) is 25.7 Å². The summed E-state index contributed by atoms with van der Waals surface area (Å²) in [6, 6.07) is 7.58. The first kappa shape index (κ1) is 16.5. The van der Waals surface area contributed by atoms with Gasteiger partial charge in [-0.25, -0.2) is 4.98 Å². The first-order chi connectivity index (χ1) is 11.5. The molecule has 128 valence electrons. The van der Waals surface area contributed by atoms with Crippen LogP contribution in [0.15, 0.2) is 29.1 Å². The van der Waals surface area contributed by atoms with Gasteiger partial charge in [-0.2, -0.15) is 0 Å². The number of nitrogens with zero attached hydrogens (tertiary/aromatic N) is 1. The number of hydrogen-bond acceptors (Lipinski definition) is 4. The summed E-state index contributed by atoms with van der Waals surface area (Å²) >= 11 is 0. The van der Waals surface area contributed by atoms with Crippen LogP contribution in [0.25, 0.3) is 10.9 Å². The molecule has 1 amide bonds. The molecule has 0 unspecified atom stereocenters. The highest BCUT2D eigenvalue weighted by Gasteiger charge is 2.27. The molecule has 6 nitrogen and oxygen atoms in total. The molecule has 1 aromatic carbocycles. The van der Waals surface area contributed by atoms with Gasteiger partial charge >= 0.3 is 0 Å². The van der Waals surface area contributed by atoms with Crippen LogP contribution >= 0.6 is 0 Å². The van der Waals surface area contributed by atoms with Gasteiger partial charge in [0, 0.05) is 18.0 Å². The number of para-hydroxylation sites is 1. The lowest BCUT2D eigenvalue weighted by atomic mass is 9.85. The fraction of sp³-hybridized carbons (Fsp3) is 0.500. The number of H-pyrrole nitrogens is 1. The minimum Gasteiger partial charge on any atom is -0.354 e. The highest BCUT2D eigenvalue weighted by molar-refractivity contribution is 5.79. The van der Waals surface area contributed by atoms with Crippen LogP contribution in [-0.4, -0.2) is 28.0 Å². The lowest BCUT2D eigenvalue weighted by molar-refractivity contribution is -0.126. The van der Waals surface area contributed by atoms with Crippen LogP contribution in [0.1, 0.15) is 39.5 Å². The number of aromatic amines is 1. The maximum Gasteiger partial charge on any atom is 0.260 e. The van der Waals surface area contributed by atoms with E-state index >= 15 is 0 Å². The molecular weight excluding hydrogens is 304 g/mol. The van der Waals surface area contributed by atoms with Crippen molar-refractivity contribution >= 4 is 22.8 Å². The van der Waals surface area contributed by atoms with E-state index in [0.29, 0.717) is 16.9 Å². The topological polar surface area (TPSA) is 86.9 Å². The van der Waals surface area contributed by atoms with E-state index in [4.69, 9.17) is 0 Å². The van der Waals surface area contributed by atoms with Crippen molar-refractivity contribution in [2.75, 3.05) is 5.32 Å². The Labute approximate surface area is 141 Å². The molecule has 1 aliphatic rings. The SMILES string of the molecule is CC(C)NC(=O)[C@@H]1CCC[C@H](Nc2nc3ccccc3c(=O)[nH]2)C1. The Kier molecular flexibility index (Phi) is 4.83. The molecule has 0 bridgehead atoms. The first-order valence-electron chi connectivity index (χ1n) is 8.59. The van der Waals surface area contributed by atoms with Gasteiger partial charge in [-0.3, -0.25) is 14.6 Å². The fourth-order valence-corrected chi connectivity index (χ4v) is 3.31. The van der Waals surface area contributed by atoms with Crippen LogP contribution < -0.4 is 16.2 Å². The van der Waals surface area contributed by atoms with Crippen LogP contribution in [0.4, 0.5) is 5.95 Å². The summed E-state index contributed by atoms with van der Waals surface area (Å²) in [5, 5.41) is 6.88. The monoisotopic (exact) mass is 328 g/mol. The van der Waals surface area contributed by atoms with Crippen molar-refractivity contribution in [2.45, 2.75) is 51.6 Å². The molecule has 2 aromatic rings. The molecule has 1 fully saturated rings. The number of nitrogens with one attached hydrogen (secondary N) is 3. The molecule has 0 radical (unpaired) electrons. The van der Waals surface area contributed by atoms with E-state index in [1.807, 2.05) is 32.0 Å². The minimum absolute atomic E-state index is 0.0193. The second kappa shape index (κ2) is 7.03. The zero-order valence-electron chi connectivity index (χ0n) is 14.1. The van der Waals surface area contributed by atoms with Crippen molar-refractivity contribution in [2.24, 2.45) is 5.92 Å². The van der Waals surface area contributed by atoms with Gasteiger partial charge in [-0.15, -0.1) is 0 Å². The Balaban J connectivity index is 1.71. The number of carbonyl (C=O) groups excluding carboxylic acids is 1. The molecule has 24 heavy (non-hydrogen) atoms. The van der Waals surface area contributed by atoms with Crippen LogP contribution in [-0.2, 0) is 4.79 Å². The van der Waals surface area contributed by atoms with Crippen molar-refractivity contribution in [1.29, 1.82) is 0 Å². The maximum absolute atomic E-state index is 12.2. The molecule has 3 N–H and O–H groups in total. The van der Waals surface area contributed by atoms with E-state index < -0.39 is 0 Å².